The van der Waals surface area contributed by atoms with E-state index in [0.29, 0.717) is 6.42 Å². The molecule has 1 aromatic carbocycles. The minimum Gasteiger partial charge on any atom is -0.394 e. The molecule has 152 valence electrons. The molecule has 1 fully saturated rings. The average Bonchev–Trinajstić information content (AvgIpc) is 3.00. The highest BCUT2D eigenvalue weighted by atomic mass is 32.2. The van der Waals surface area contributed by atoms with Gasteiger partial charge in [-0.05, 0) is 30.4 Å². The van der Waals surface area contributed by atoms with E-state index in [1.807, 2.05) is 32.0 Å². The van der Waals surface area contributed by atoms with E-state index in [1.165, 1.54) is 0 Å². The van der Waals surface area contributed by atoms with Gasteiger partial charge in [-0.25, -0.2) is 8.42 Å². The van der Waals surface area contributed by atoms with Gasteiger partial charge in [0, 0.05) is 18.3 Å². The molecule has 0 bridgehead atoms. The summed E-state index contributed by atoms with van der Waals surface area (Å²) in [6, 6.07) is 5.60. The quantitative estimate of drug-likeness (QED) is 0.562. The second kappa shape index (κ2) is 9.64. The van der Waals surface area contributed by atoms with Crippen molar-refractivity contribution >= 4 is 21.4 Å². The summed E-state index contributed by atoms with van der Waals surface area (Å²) in [6.07, 6.45) is 0.990. The molecule has 2 unspecified atom stereocenters. The molecule has 0 radical (unpaired) electrons. The van der Waals surface area contributed by atoms with Crippen LogP contribution in [0, 0.1) is 0 Å². The van der Waals surface area contributed by atoms with Crippen molar-refractivity contribution in [3.8, 4) is 0 Å². The van der Waals surface area contributed by atoms with Gasteiger partial charge in [-0.3, -0.25) is 9.69 Å². The molecule has 2 atom stereocenters. The smallest absolute Gasteiger partial charge is 0.238 e. The maximum atomic E-state index is 12.7. The standard InChI is InChI=1S/C19H30N2O5S/c1-3-14-6-5-7-15(4-2)19(14)20-18(24)11-21(10-17(23)12-22)16-8-9-27(25,26)13-16/h5-7,16-17,22-23H,3-4,8-13H2,1-2H3,(H,20,24). The minimum absolute atomic E-state index is 0.0236. The van der Waals surface area contributed by atoms with E-state index < -0.39 is 22.5 Å². The number of sulfone groups is 1. The predicted octanol–water partition coefficient (Wildman–Crippen LogP) is 0.592. The van der Waals surface area contributed by atoms with Gasteiger partial charge in [0.1, 0.15) is 0 Å². The molecule has 1 aliphatic heterocycles. The highest BCUT2D eigenvalue weighted by Crippen LogP contribution is 2.23. The number of aliphatic hydroxyl groups excluding tert-OH is 2. The van der Waals surface area contributed by atoms with Gasteiger partial charge in [0.15, 0.2) is 9.84 Å². The van der Waals surface area contributed by atoms with E-state index in [-0.39, 0.29) is 36.5 Å². The highest BCUT2D eigenvalue weighted by molar-refractivity contribution is 7.91. The summed E-state index contributed by atoms with van der Waals surface area (Å²) in [5.41, 5.74) is 2.91. The Morgan fingerprint density at radius 2 is 1.93 bits per heavy atom. The van der Waals surface area contributed by atoms with Crippen LogP contribution in [0.5, 0.6) is 0 Å². The molecule has 1 aromatic rings. The Bertz CT molecular complexity index is 728. The first-order valence-electron chi connectivity index (χ1n) is 9.43. The summed E-state index contributed by atoms with van der Waals surface area (Å²) in [6.45, 7) is 3.64. The van der Waals surface area contributed by atoms with Crippen LogP contribution in [-0.4, -0.2) is 72.8 Å². The van der Waals surface area contributed by atoms with E-state index in [9.17, 15) is 18.3 Å². The summed E-state index contributed by atoms with van der Waals surface area (Å²) in [5, 5.41) is 21.9. The van der Waals surface area contributed by atoms with Crippen molar-refractivity contribution in [3.63, 3.8) is 0 Å². The maximum Gasteiger partial charge on any atom is 0.238 e. The lowest BCUT2D eigenvalue weighted by molar-refractivity contribution is -0.118. The third kappa shape index (κ3) is 6.00. The SMILES string of the molecule is CCc1cccc(CC)c1NC(=O)CN(CC(O)CO)C1CCS(=O)(=O)C1. The number of benzene rings is 1. The predicted molar refractivity (Wildman–Crippen MR) is 106 cm³/mol. The van der Waals surface area contributed by atoms with E-state index in [0.717, 1.165) is 29.7 Å². The Hall–Kier alpha value is -1.48. The van der Waals surface area contributed by atoms with Crippen LogP contribution in [-0.2, 0) is 27.5 Å². The fourth-order valence-electron chi connectivity index (χ4n) is 3.50. The zero-order chi connectivity index (χ0) is 20.0. The van der Waals surface area contributed by atoms with Gasteiger partial charge < -0.3 is 15.5 Å². The minimum atomic E-state index is -3.12. The number of para-hydroxylation sites is 1. The van der Waals surface area contributed by atoms with E-state index in [2.05, 4.69) is 5.32 Å². The lowest BCUT2D eigenvalue weighted by Gasteiger charge is -2.29. The highest BCUT2D eigenvalue weighted by Gasteiger charge is 2.34. The molecule has 7 nitrogen and oxygen atoms in total. The van der Waals surface area contributed by atoms with E-state index >= 15 is 0 Å². The fraction of sp³-hybridized carbons (Fsp3) is 0.632. The molecule has 1 aliphatic rings. The van der Waals surface area contributed by atoms with Crippen molar-refractivity contribution in [2.75, 3.05) is 36.5 Å². The molecule has 1 saturated heterocycles. The molecule has 0 aliphatic carbocycles. The average molecular weight is 399 g/mol. The molecular formula is C19H30N2O5S. The summed E-state index contributed by atoms with van der Waals surface area (Å²) in [7, 11) is -3.12. The largest absolute Gasteiger partial charge is 0.394 e. The maximum absolute atomic E-state index is 12.7. The van der Waals surface area contributed by atoms with E-state index in [1.54, 1.807) is 4.90 Å². The second-order valence-corrected chi connectivity index (χ2v) is 9.26. The Morgan fingerprint density at radius 3 is 2.41 bits per heavy atom. The zero-order valence-electron chi connectivity index (χ0n) is 16.0. The Morgan fingerprint density at radius 1 is 1.30 bits per heavy atom. The first-order valence-corrected chi connectivity index (χ1v) is 11.3. The molecule has 0 spiro atoms. The number of hydrogen-bond acceptors (Lipinski definition) is 6. The van der Waals surface area contributed by atoms with Gasteiger partial charge in [-0.15, -0.1) is 0 Å². The monoisotopic (exact) mass is 398 g/mol. The summed E-state index contributed by atoms with van der Waals surface area (Å²) in [4.78, 5) is 14.4. The number of nitrogens with zero attached hydrogens (tertiary/aromatic N) is 1. The number of aliphatic hydroxyl groups is 2. The molecule has 3 N–H and O–H groups in total. The summed E-state index contributed by atoms with van der Waals surface area (Å²) < 4.78 is 23.6. The van der Waals surface area contributed by atoms with Crippen LogP contribution in [0.1, 0.15) is 31.4 Å². The number of nitrogens with one attached hydrogen (secondary N) is 1. The van der Waals surface area contributed by atoms with E-state index in [4.69, 9.17) is 5.11 Å². The van der Waals surface area contributed by atoms with Gasteiger partial charge >= 0.3 is 0 Å². The van der Waals surface area contributed by atoms with Crippen LogP contribution < -0.4 is 5.32 Å². The number of carbonyl (C=O) groups excluding carboxylic acids is 1. The van der Waals surface area contributed by atoms with Crippen molar-refractivity contribution < 1.29 is 23.4 Å². The number of anilines is 1. The molecule has 1 heterocycles. The van der Waals surface area contributed by atoms with Crippen LogP contribution in [0.25, 0.3) is 0 Å². The van der Waals surface area contributed by atoms with Crippen molar-refractivity contribution in [1.82, 2.24) is 4.90 Å². The normalized spacial score (nSPS) is 20.0. The van der Waals surface area contributed by atoms with Crippen LogP contribution in [0.3, 0.4) is 0 Å². The Kier molecular flexibility index (Phi) is 7.79. The zero-order valence-corrected chi connectivity index (χ0v) is 16.8. The molecule has 0 aromatic heterocycles. The van der Waals surface area contributed by atoms with Crippen molar-refractivity contribution in [3.05, 3.63) is 29.3 Å². The molecule has 0 saturated carbocycles. The molecular weight excluding hydrogens is 368 g/mol. The number of amides is 1. The van der Waals surface area contributed by atoms with Gasteiger partial charge in [-0.1, -0.05) is 32.0 Å². The van der Waals surface area contributed by atoms with Crippen LogP contribution in [0.15, 0.2) is 18.2 Å². The lowest BCUT2D eigenvalue weighted by atomic mass is 10.0. The third-order valence-electron chi connectivity index (χ3n) is 4.99. The van der Waals surface area contributed by atoms with Crippen LogP contribution in [0.4, 0.5) is 5.69 Å². The summed E-state index contributed by atoms with van der Waals surface area (Å²) >= 11 is 0. The third-order valence-corrected chi connectivity index (χ3v) is 6.74. The lowest BCUT2D eigenvalue weighted by Crippen LogP contribution is -2.46. The van der Waals surface area contributed by atoms with Gasteiger partial charge in [-0.2, -0.15) is 0 Å². The second-order valence-electron chi connectivity index (χ2n) is 7.03. The molecule has 2 rings (SSSR count). The number of carbonyl (C=O) groups is 1. The van der Waals surface area contributed by atoms with Crippen molar-refractivity contribution in [2.24, 2.45) is 0 Å². The van der Waals surface area contributed by atoms with Crippen molar-refractivity contribution in [2.45, 2.75) is 45.3 Å². The summed E-state index contributed by atoms with van der Waals surface area (Å²) in [5.74, 6) is -0.187. The first kappa shape index (κ1) is 21.8. The number of aryl methyl sites for hydroxylation is 2. The van der Waals surface area contributed by atoms with Crippen LogP contribution >= 0.6 is 0 Å². The molecule has 27 heavy (non-hydrogen) atoms. The topological polar surface area (TPSA) is 107 Å². The molecule has 1 amide bonds. The van der Waals surface area contributed by atoms with Gasteiger partial charge in [0.05, 0.1) is 30.8 Å². The van der Waals surface area contributed by atoms with Gasteiger partial charge in [0.2, 0.25) is 5.91 Å². The number of hydrogen-bond donors (Lipinski definition) is 3. The number of rotatable bonds is 9. The van der Waals surface area contributed by atoms with Gasteiger partial charge in [0.25, 0.3) is 0 Å². The Labute approximate surface area is 161 Å². The first-order chi connectivity index (χ1) is 12.8. The fourth-order valence-corrected chi connectivity index (χ4v) is 5.26. The molecule has 8 heteroatoms. The Balaban J connectivity index is 2.14. The van der Waals surface area contributed by atoms with Crippen molar-refractivity contribution in [1.29, 1.82) is 0 Å². The van der Waals surface area contributed by atoms with Crippen LogP contribution in [0.2, 0.25) is 0 Å².